The molecule has 0 aliphatic rings. The number of aryl methyl sites for hydroxylation is 1. The number of ether oxygens (including phenoxy) is 1. The monoisotopic (exact) mass is 544 g/mol. The topological polar surface area (TPSA) is 119 Å². The van der Waals surface area contributed by atoms with E-state index in [0.29, 0.717) is 16.8 Å². The van der Waals surface area contributed by atoms with Crippen LogP contribution in [-0.2, 0) is 18.0 Å². The van der Waals surface area contributed by atoms with Crippen LogP contribution in [0.1, 0.15) is 26.3 Å². The first-order valence-electron chi connectivity index (χ1n) is 11.5. The molecule has 0 unspecified atom stereocenters. The summed E-state index contributed by atoms with van der Waals surface area (Å²) in [6, 6.07) is 5.61. The molecule has 1 aromatic carbocycles. The van der Waals surface area contributed by atoms with Crippen LogP contribution in [-0.4, -0.2) is 36.4 Å². The summed E-state index contributed by atoms with van der Waals surface area (Å²) in [5.74, 6) is -0.595. The second-order valence-electron chi connectivity index (χ2n) is 9.36. The number of rotatable bonds is 6. The number of hydrogen-bond donors (Lipinski definition) is 3. The number of alkyl halides is 3. The zero-order chi connectivity index (χ0) is 28.4. The van der Waals surface area contributed by atoms with E-state index in [9.17, 15) is 22.4 Å². The van der Waals surface area contributed by atoms with Crippen molar-refractivity contribution in [3.05, 3.63) is 66.5 Å². The number of benzene rings is 1. The maximum Gasteiger partial charge on any atom is 0.416 e. The molecule has 4 rings (SSSR count). The first kappa shape index (κ1) is 27.3. The van der Waals surface area contributed by atoms with Gasteiger partial charge < -0.3 is 15.4 Å². The van der Waals surface area contributed by atoms with Gasteiger partial charge in [0.1, 0.15) is 17.2 Å². The Bertz CT molecular complexity index is 1480. The van der Waals surface area contributed by atoms with E-state index in [1.807, 2.05) is 0 Å². The van der Waals surface area contributed by atoms with Crippen molar-refractivity contribution >= 4 is 35.1 Å². The average molecular weight is 545 g/mol. The van der Waals surface area contributed by atoms with Crippen LogP contribution < -0.4 is 16.0 Å². The smallest absolute Gasteiger partial charge is 0.416 e. The van der Waals surface area contributed by atoms with Crippen molar-refractivity contribution in [2.75, 3.05) is 16.0 Å². The summed E-state index contributed by atoms with van der Waals surface area (Å²) in [5, 5.41) is 12.3. The van der Waals surface area contributed by atoms with E-state index in [1.165, 1.54) is 30.6 Å². The number of carbonyl (C=O) groups excluding carboxylic acids is 1. The summed E-state index contributed by atoms with van der Waals surface area (Å²) in [7, 11) is 1.72. The van der Waals surface area contributed by atoms with Gasteiger partial charge >= 0.3 is 12.3 Å². The van der Waals surface area contributed by atoms with Crippen molar-refractivity contribution in [1.82, 2.24) is 24.7 Å². The molecular formula is C25H24F4N8O2. The molecule has 14 heteroatoms. The summed E-state index contributed by atoms with van der Waals surface area (Å²) >= 11 is 0. The Balaban J connectivity index is 1.69. The molecule has 0 aliphatic carbocycles. The van der Waals surface area contributed by atoms with Gasteiger partial charge in [0.25, 0.3) is 0 Å². The number of aromatic nitrogens is 5. The van der Waals surface area contributed by atoms with Gasteiger partial charge in [-0.25, -0.2) is 19.2 Å². The molecule has 0 fully saturated rings. The lowest BCUT2D eigenvalue weighted by molar-refractivity contribution is -0.137. The summed E-state index contributed by atoms with van der Waals surface area (Å²) in [4.78, 5) is 24.6. The maximum atomic E-state index is 14.8. The second-order valence-corrected chi connectivity index (χ2v) is 9.36. The van der Waals surface area contributed by atoms with Crippen LogP contribution >= 0.6 is 0 Å². The van der Waals surface area contributed by atoms with Crippen LogP contribution in [0, 0.1) is 5.82 Å². The summed E-state index contributed by atoms with van der Waals surface area (Å²) in [6.45, 7) is 5.06. The number of anilines is 5. The van der Waals surface area contributed by atoms with Gasteiger partial charge in [-0.1, -0.05) is 12.1 Å². The third-order valence-electron chi connectivity index (χ3n) is 5.01. The molecule has 1 amide bonds. The number of nitrogens with zero attached hydrogens (tertiary/aromatic N) is 5. The van der Waals surface area contributed by atoms with Crippen molar-refractivity contribution in [1.29, 1.82) is 0 Å². The lowest BCUT2D eigenvalue weighted by atomic mass is 10.1. The highest BCUT2D eigenvalue weighted by molar-refractivity contribution is 5.85. The van der Waals surface area contributed by atoms with Crippen molar-refractivity contribution in [2.45, 2.75) is 32.5 Å². The fourth-order valence-corrected chi connectivity index (χ4v) is 3.34. The summed E-state index contributed by atoms with van der Waals surface area (Å²) in [5.41, 5.74) is -0.492. The van der Waals surface area contributed by atoms with Crippen LogP contribution in [0.3, 0.4) is 0 Å². The van der Waals surface area contributed by atoms with E-state index in [-0.39, 0.29) is 23.3 Å². The molecule has 0 saturated carbocycles. The minimum Gasteiger partial charge on any atom is -0.444 e. The molecule has 10 nitrogen and oxygen atoms in total. The predicted octanol–water partition coefficient (Wildman–Crippen LogP) is 6.26. The first-order valence-corrected chi connectivity index (χ1v) is 11.5. The first-order chi connectivity index (χ1) is 18.3. The fraction of sp³-hybridized carbons (Fsp3) is 0.240. The van der Waals surface area contributed by atoms with Gasteiger partial charge in [0.2, 0.25) is 5.95 Å². The van der Waals surface area contributed by atoms with E-state index in [2.05, 4.69) is 36.0 Å². The van der Waals surface area contributed by atoms with Crippen LogP contribution in [0.5, 0.6) is 0 Å². The highest BCUT2D eigenvalue weighted by Gasteiger charge is 2.30. The molecule has 0 spiro atoms. The fourth-order valence-electron chi connectivity index (χ4n) is 3.34. The van der Waals surface area contributed by atoms with Crippen molar-refractivity contribution in [3.63, 3.8) is 0 Å². The Morgan fingerprint density at radius 1 is 1.00 bits per heavy atom. The van der Waals surface area contributed by atoms with Crippen molar-refractivity contribution in [3.8, 4) is 11.1 Å². The average Bonchev–Trinajstić information content (AvgIpc) is 3.24. The molecule has 3 aromatic heterocycles. The third-order valence-corrected chi connectivity index (χ3v) is 5.01. The number of halogens is 4. The third kappa shape index (κ3) is 7.18. The lowest BCUT2D eigenvalue weighted by Gasteiger charge is -2.19. The molecule has 0 saturated heterocycles. The van der Waals surface area contributed by atoms with Crippen molar-refractivity contribution < 1.29 is 27.1 Å². The predicted molar refractivity (Wildman–Crippen MR) is 136 cm³/mol. The minimum absolute atomic E-state index is 0.00741. The molecule has 204 valence electrons. The van der Waals surface area contributed by atoms with E-state index in [0.717, 1.165) is 18.3 Å². The highest BCUT2D eigenvalue weighted by atomic mass is 19.4. The number of pyridine rings is 1. The molecule has 3 N–H and O–H groups in total. The number of amides is 1. The lowest BCUT2D eigenvalue weighted by Crippen LogP contribution is -2.27. The Labute approximate surface area is 220 Å². The zero-order valence-corrected chi connectivity index (χ0v) is 21.3. The molecule has 0 radical (unpaired) electrons. The quantitative estimate of drug-likeness (QED) is 0.243. The van der Waals surface area contributed by atoms with E-state index in [1.54, 1.807) is 38.7 Å². The maximum absolute atomic E-state index is 14.8. The number of hydrogen-bond acceptors (Lipinski definition) is 8. The van der Waals surface area contributed by atoms with Crippen LogP contribution in [0.15, 0.2) is 55.1 Å². The largest absolute Gasteiger partial charge is 0.444 e. The molecule has 3 heterocycles. The standard InChI is InChI=1S/C25H24F4N8O2/c1-24(2,3)39-23(38)35-20-9-19(18(26)12-30-20)34-21-17(14-5-7-15(8-6-14)25(27,28)29)11-31-22(36-21)33-16-10-32-37(4)13-16/h5-13H,1-4H3,(H3,30,31,33,34,35,36,38). The van der Waals surface area contributed by atoms with Gasteiger partial charge in [0, 0.05) is 31.1 Å². The Kier molecular flexibility index (Phi) is 7.38. The molecule has 4 aromatic rings. The Hall–Kier alpha value is -4.75. The van der Waals surface area contributed by atoms with Crippen LogP contribution in [0.2, 0.25) is 0 Å². The van der Waals surface area contributed by atoms with Crippen LogP contribution in [0.4, 0.5) is 51.3 Å². The van der Waals surface area contributed by atoms with Gasteiger partial charge in [-0.15, -0.1) is 0 Å². The summed E-state index contributed by atoms with van der Waals surface area (Å²) < 4.78 is 60.7. The molecule has 39 heavy (non-hydrogen) atoms. The van der Waals surface area contributed by atoms with Gasteiger partial charge in [-0.2, -0.15) is 23.3 Å². The van der Waals surface area contributed by atoms with Gasteiger partial charge in [-0.05, 0) is 38.5 Å². The van der Waals surface area contributed by atoms with E-state index >= 15 is 0 Å². The Morgan fingerprint density at radius 2 is 1.72 bits per heavy atom. The van der Waals surface area contributed by atoms with Gasteiger partial charge in [-0.3, -0.25) is 10.00 Å². The van der Waals surface area contributed by atoms with Gasteiger partial charge in [0.15, 0.2) is 5.82 Å². The molecule has 0 bridgehead atoms. The molecule has 0 aliphatic heterocycles. The Morgan fingerprint density at radius 3 is 2.33 bits per heavy atom. The molecule has 0 atom stereocenters. The van der Waals surface area contributed by atoms with E-state index < -0.39 is 29.3 Å². The van der Waals surface area contributed by atoms with Gasteiger partial charge in [0.05, 0.1) is 29.3 Å². The molecular weight excluding hydrogens is 520 g/mol. The minimum atomic E-state index is -4.51. The van der Waals surface area contributed by atoms with Crippen LogP contribution in [0.25, 0.3) is 11.1 Å². The second kappa shape index (κ2) is 10.6. The normalized spacial score (nSPS) is 11.7. The summed E-state index contributed by atoms with van der Waals surface area (Å²) in [6.07, 6.45) is 0.196. The van der Waals surface area contributed by atoms with Crippen molar-refractivity contribution in [2.24, 2.45) is 7.05 Å². The zero-order valence-electron chi connectivity index (χ0n) is 21.3. The van der Waals surface area contributed by atoms with E-state index in [4.69, 9.17) is 4.74 Å². The highest BCUT2D eigenvalue weighted by Crippen LogP contribution is 2.34. The SMILES string of the molecule is Cn1cc(Nc2ncc(-c3ccc(C(F)(F)F)cc3)c(Nc3cc(NC(=O)OC(C)(C)C)ncc3F)n2)cn1. The number of carbonyl (C=O) groups is 1. The number of nitrogens with one attached hydrogen (secondary N) is 3.